The fraction of sp³-hybridized carbons (Fsp3) is 0.474. The molecule has 1 aromatic heterocycles. The lowest BCUT2D eigenvalue weighted by Crippen LogP contribution is -2.37. The number of nitrogens with zero attached hydrogens (tertiary/aromatic N) is 3. The van der Waals surface area contributed by atoms with E-state index in [1.807, 2.05) is 24.3 Å². The molecule has 0 bridgehead atoms. The molecule has 1 aromatic carbocycles. The van der Waals surface area contributed by atoms with Crippen molar-refractivity contribution in [3.05, 3.63) is 36.0 Å². The molecule has 0 atom stereocenters. The van der Waals surface area contributed by atoms with Gasteiger partial charge in [-0.25, -0.2) is 4.79 Å². The number of hydrogen-bond donors (Lipinski definition) is 0. The van der Waals surface area contributed by atoms with Gasteiger partial charge in [-0.15, -0.1) is 0 Å². The first kappa shape index (κ1) is 16.7. The number of hydrogen-bond acceptors (Lipinski definition) is 4. The van der Waals surface area contributed by atoms with Gasteiger partial charge in [0.2, 0.25) is 0 Å². The Morgan fingerprint density at radius 3 is 2.79 bits per heavy atom. The van der Waals surface area contributed by atoms with Crippen LogP contribution in [0.1, 0.15) is 31.7 Å². The van der Waals surface area contributed by atoms with Crippen molar-refractivity contribution in [1.29, 1.82) is 0 Å². The summed E-state index contributed by atoms with van der Waals surface area (Å²) in [5.74, 6) is 0.545. The van der Waals surface area contributed by atoms with Crippen LogP contribution in [0.5, 0.6) is 5.75 Å². The molecule has 1 amide bonds. The highest BCUT2D eigenvalue weighted by molar-refractivity contribution is 5.89. The lowest BCUT2D eigenvalue weighted by atomic mass is 10.1. The molecule has 0 saturated carbocycles. The van der Waals surface area contributed by atoms with Crippen molar-refractivity contribution in [2.24, 2.45) is 0 Å². The number of fused-ring (bicyclic) bond motifs is 1. The smallest absolute Gasteiger partial charge is 0.408 e. The van der Waals surface area contributed by atoms with Crippen molar-refractivity contribution in [3.63, 3.8) is 0 Å². The molecule has 1 fully saturated rings. The molecule has 0 spiro atoms. The highest BCUT2D eigenvalue weighted by Gasteiger charge is 2.20. The van der Waals surface area contributed by atoms with E-state index < -0.39 is 0 Å². The van der Waals surface area contributed by atoms with E-state index >= 15 is 0 Å². The van der Waals surface area contributed by atoms with Gasteiger partial charge in [0.15, 0.2) is 5.75 Å². The van der Waals surface area contributed by atoms with Crippen LogP contribution in [0.25, 0.3) is 10.9 Å². The molecule has 2 heterocycles. The molecule has 1 aliphatic heterocycles. The Morgan fingerprint density at radius 2 is 2.04 bits per heavy atom. The molecule has 1 aliphatic rings. The Hall–Kier alpha value is -2.14. The number of likely N-dealkylation sites (tertiary alicyclic amines) is 1. The normalized spacial score (nSPS) is 15.0. The van der Waals surface area contributed by atoms with Gasteiger partial charge in [0.25, 0.3) is 0 Å². The molecule has 1 saturated heterocycles. The molecule has 128 valence electrons. The molecule has 5 heteroatoms. The summed E-state index contributed by atoms with van der Waals surface area (Å²) < 4.78 is 5.66. The number of carbonyl (C=O) groups excluding carboxylic acids is 1. The third kappa shape index (κ3) is 3.67. The van der Waals surface area contributed by atoms with Crippen molar-refractivity contribution in [1.82, 2.24) is 14.8 Å². The van der Waals surface area contributed by atoms with Crippen LogP contribution in [0.4, 0.5) is 4.79 Å². The summed E-state index contributed by atoms with van der Waals surface area (Å²) in [7, 11) is 2.09. The number of carbonyl (C=O) groups is 1. The first-order chi connectivity index (χ1) is 11.7. The molecule has 5 nitrogen and oxygen atoms in total. The molecular formula is C19H25N3O2. The summed E-state index contributed by atoms with van der Waals surface area (Å²) in [5, 5.41) is 1.04. The summed E-state index contributed by atoms with van der Waals surface area (Å²) in [6.07, 6.45) is 4.77. The summed E-state index contributed by atoms with van der Waals surface area (Å²) in [6, 6.07) is 7.87. The zero-order valence-corrected chi connectivity index (χ0v) is 14.5. The van der Waals surface area contributed by atoms with E-state index in [-0.39, 0.29) is 6.09 Å². The number of benzene rings is 1. The molecule has 3 rings (SSSR count). The summed E-state index contributed by atoms with van der Waals surface area (Å²) in [4.78, 5) is 20.9. The zero-order valence-electron chi connectivity index (χ0n) is 14.5. The number of piperidine rings is 1. The predicted molar refractivity (Wildman–Crippen MR) is 95.2 cm³/mol. The minimum absolute atomic E-state index is 0.264. The first-order valence-electron chi connectivity index (χ1n) is 8.71. The van der Waals surface area contributed by atoms with Crippen LogP contribution in [0, 0.1) is 0 Å². The molecule has 0 unspecified atom stereocenters. The maximum Gasteiger partial charge on any atom is 0.415 e. The van der Waals surface area contributed by atoms with E-state index in [1.165, 1.54) is 12.0 Å². The maximum absolute atomic E-state index is 12.4. The average molecular weight is 327 g/mol. The van der Waals surface area contributed by atoms with Gasteiger partial charge >= 0.3 is 6.09 Å². The third-order valence-corrected chi connectivity index (χ3v) is 4.61. The zero-order chi connectivity index (χ0) is 16.9. The van der Waals surface area contributed by atoms with Crippen LogP contribution in [0.2, 0.25) is 0 Å². The lowest BCUT2D eigenvalue weighted by Gasteiger charge is -2.26. The average Bonchev–Trinajstić information content (AvgIpc) is 2.64. The van der Waals surface area contributed by atoms with Crippen molar-refractivity contribution in [2.75, 3.05) is 26.7 Å². The third-order valence-electron chi connectivity index (χ3n) is 4.61. The van der Waals surface area contributed by atoms with Gasteiger partial charge in [0, 0.05) is 31.2 Å². The minimum atomic E-state index is -0.264. The molecule has 0 radical (unpaired) electrons. The van der Waals surface area contributed by atoms with Gasteiger partial charge in [0.05, 0.1) is 0 Å². The van der Waals surface area contributed by atoms with Crippen molar-refractivity contribution >= 4 is 17.0 Å². The molecular weight excluding hydrogens is 302 g/mol. The quantitative estimate of drug-likeness (QED) is 0.859. The van der Waals surface area contributed by atoms with E-state index in [4.69, 9.17) is 4.74 Å². The lowest BCUT2D eigenvalue weighted by molar-refractivity contribution is 0.143. The van der Waals surface area contributed by atoms with Crippen LogP contribution in [-0.4, -0.2) is 47.6 Å². The SMILES string of the molecule is CCN(C)Cc1ccc(OC(=O)N2CCCCC2)c2ncccc12. The van der Waals surface area contributed by atoms with Crippen LogP contribution in [0.3, 0.4) is 0 Å². The molecule has 2 aromatic rings. The Labute approximate surface area is 143 Å². The highest BCUT2D eigenvalue weighted by Crippen LogP contribution is 2.28. The van der Waals surface area contributed by atoms with E-state index in [0.717, 1.165) is 49.9 Å². The van der Waals surface area contributed by atoms with Crippen LogP contribution < -0.4 is 4.74 Å². The second-order valence-corrected chi connectivity index (χ2v) is 6.37. The second-order valence-electron chi connectivity index (χ2n) is 6.37. The van der Waals surface area contributed by atoms with E-state index in [1.54, 1.807) is 11.1 Å². The molecule has 0 aliphatic carbocycles. The second kappa shape index (κ2) is 7.62. The van der Waals surface area contributed by atoms with Gasteiger partial charge in [-0.1, -0.05) is 19.1 Å². The summed E-state index contributed by atoms with van der Waals surface area (Å²) in [5.41, 5.74) is 1.95. The standard InChI is InChI=1S/C19H25N3O2/c1-3-21(2)14-15-9-10-17(18-16(15)8-7-11-20-18)24-19(23)22-12-5-4-6-13-22/h7-11H,3-6,12-14H2,1-2H3. The van der Waals surface area contributed by atoms with Gasteiger partial charge in [-0.2, -0.15) is 0 Å². The van der Waals surface area contributed by atoms with Gasteiger partial charge < -0.3 is 14.5 Å². The number of amides is 1. The Balaban J connectivity index is 1.86. The summed E-state index contributed by atoms with van der Waals surface area (Å²) >= 11 is 0. The first-order valence-corrected chi connectivity index (χ1v) is 8.71. The summed E-state index contributed by atoms with van der Waals surface area (Å²) in [6.45, 7) is 5.52. The number of ether oxygens (including phenoxy) is 1. The monoisotopic (exact) mass is 327 g/mol. The Kier molecular flexibility index (Phi) is 5.30. The van der Waals surface area contributed by atoms with Crippen LogP contribution in [-0.2, 0) is 6.54 Å². The van der Waals surface area contributed by atoms with E-state index in [9.17, 15) is 4.79 Å². The number of aromatic nitrogens is 1. The largest absolute Gasteiger partial charge is 0.415 e. The van der Waals surface area contributed by atoms with Crippen LogP contribution >= 0.6 is 0 Å². The van der Waals surface area contributed by atoms with Gasteiger partial charge in [0.1, 0.15) is 5.52 Å². The van der Waals surface area contributed by atoms with Crippen LogP contribution in [0.15, 0.2) is 30.5 Å². The van der Waals surface area contributed by atoms with Crippen molar-refractivity contribution in [2.45, 2.75) is 32.7 Å². The minimum Gasteiger partial charge on any atom is -0.408 e. The van der Waals surface area contributed by atoms with Gasteiger partial charge in [-0.3, -0.25) is 4.98 Å². The van der Waals surface area contributed by atoms with Crippen molar-refractivity contribution < 1.29 is 9.53 Å². The fourth-order valence-electron chi connectivity index (χ4n) is 3.06. The maximum atomic E-state index is 12.4. The molecule has 0 N–H and O–H groups in total. The van der Waals surface area contributed by atoms with Crippen molar-refractivity contribution in [3.8, 4) is 5.75 Å². The molecule has 24 heavy (non-hydrogen) atoms. The highest BCUT2D eigenvalue weighted by atomic mass is 16.6. The number of rotatable bonds is 4. The number of pyridine rings is 1. The Morgan fingerprint density at radius 1 is 1.25 bits per heavy atom. The Bertz CT molecular complexity index is 711. The van der Waals surface area contributed by atoms with Gasteiger partial charge in [-0.05, 0) is 50.6 Å². The van der Waals surface area contributed by atoms with E-state index in [0.29, 0.717) is 5.75 Å². The fourth-order valence-corrected chi connectivity index (χ4v) is 3.06. The topological polar surface area (TPSA) is 45.7 Å². The van der Waals surface area contributed by atoms with E-state index in [2.05, 4.69) is 23.9 Å². The predicted octanol–water partition coefficient (Wildman–Crippen LogP) is 3.67.